The number of aromatic nitrogens is 2. The van der Waals surface area contributed by atoms with Gasteiger partial charge in [-0.05, 0) is 39.3 Å². The highest BCUT2D eigenvalue weighted by Gasteiger charge is 2.11. The van der Waals surface area contributed by atoms with Crippen molar-refractivity contribution in [2.45, 2.75) is 39.8 Å². The Morgan fingerprint density at radius 2 is 2.21 bits per heavy atom. The lowest BCUT2D eigenvalue weighted by molar-refractivity contribution is 0.183. The van der Waals surface area contributed by atoms with Gasteiger partial charge in [-0.15, -0.1) is 11.3 Å². The van der Waals surface area contributed by atoms with Crippen molar-refractivity contribution < 1.29 is 5.11 Å². The quantitative estimate of drug-likeness (QED) is 0.725. The molecular weight excluding hydrogens is 262 g/mol. The Morgan fingerprint density at radius 1 is 1.47 bits per heavy atom. The van der Waals surface area contributed by atoms with E-state index in [4.69, 9.17) is 5.11 Å². The van der Waals surface area contributed by atoms with Crippen molar-refractivity contribution in [2.75, 3.05) is 6.54 Å². The van der Waals surface area contributed by atoms with Crippen LogP contribution in [0.25, 0.3) is 10.2 Å². The highest BCUT2D eigenvalue weighted by molar-refractivity contribution is 7.18. The number of aryl methyl sites for hydroxylation is 2. The van der Waals surface area contributed by atoms with Crippen LogP contribution in [0.2, 0.25) is 0 Å². The number of H-pyrrole nitrogens is 1. The van der Waals surface area contributed by atoms with Gasteiger partial charge in [-0.2, -0.15) is 0 Å². The van der Waals surface area contributed by atoms with Crippen LogP contribution in [0.3, 0.4) is 0 Å². The van der Waals surface area contributed by atoms with E-state index in [9.17, 15) is 4.79 Å². The van der Waals surface area contributed by atoms with Gasteiger partial charge in [-0.1, -0.05) is 0 Å². The first-order chi connectivity index (χ1) is 8.99. The van der Waals surface area contributed by atoms with Gasteiger partial charge < -0.3 is 15.4 Å². The van der Waals surface area contributed by atoms with Crippen LogP contribution in [-0.2, 0) is 6.54 Å². The average Bonchev–Trinajstić information content (AvgIpc) is 2.61. The van der Waals surface area contributed by atoms with Gasteiger partial charge in [0.15, 0.2) is 0 Å². The number of aliphatic hydroxyl groups is 1. The summed E-state index contributed by atoms with van der Waals surface area (Å²) in [5.41, 5.74) is 0.946. The van der Waals surface area contributed by atoms with Gasteiger partial charge in [-0.25, -0.2) is 4.98 Å². The molecule has 0 saturated carbocycles. The smallest absolute Gasteiger partial charge is 0.259 e. The monoisotopic (exact) mass is 281 g/mol. The molecule has 2 aromatic rings. The molecular formula is C13H19N3O2S. The van der Waals surface area contributed by atoms with E-state index in [-0.39, 0.29) is 11.7 Å². The van der Waals surface area contributed by atoms with Gasteiger partial charge in [-0.3, -0.25) is 4.79 Å². The van der Waals surface area contributed by atoms with E-state index in [0.29, 0.717) is 30.7 Å². The zero-order valence-electron chi connectivity index (χ0n) is 11.4. The summed E-state index contributed by atoms with van der Waals surface area (Å²) >= 11 is 1.55. The van der Waals surface area contributed by atoms with Crippen LogP contribution in [0.1, 0.15) is 29.6 Å². The molecule has 0 bridgehead atoms. The largest absolute Gasteiger partial charge is 0.393 e. The van der Waals surface area contributed by atoms with Gasteiger partial charge in [0, 0.05) is 4.88 Å². The van der Waals surface area contributed by atoms with Crippen molar-refractivity contribution in [2.24, 2.45) is 0 Å². The number of rotatable bonds is 5. The van der Waals surface area contributed by atoms with Crippen molar-refractivity contribution in [3.63, 3.8) is 0 Å². The minimum atomic E-state index is -0.315. The van der Waals surface area contributed by atoms with Crippen molar-refractivity contribution in [3.8, 4) is 0 Å². The molecule has 0 fully saturated rings. The molecule has 1 atom stereocenters. The highest BCUT2D eigenvalue weighted by Crippen LogP contribution is 2.25. The third kappa shape index (κ3) is 3.20. The van der Waals surface area contributed by atoms with E-state index >= 15 is 0 Å². The molecule has 0 aliphatic carbocycles. The predicted molar refractivity (Wildman–Crippen MR) is 77.7 cm³/mol. The lowest BCUT2D eigenvalue weighted by Gasteiger charge is -2.06. The summed E-state index contributed by atoms with van der Waals surface area (Å²) in [6.07, 6.45) is 0.369. The first-order valence-corrected chi connectivity index (χ1v) is 7.18. The second kappa shape index (κ2) is 5.81. The second-order valence-electron chi connectivity index (χ2n) is 4.79. The second-order valence-corrected chi connectivity index (χ2v) is 5.99. The van der Waals surface area contributed by atoms with Crippen LogP contribution in [0.15, 0.2) is 4.79 Å². The van der Waals surface area contributed by atoms with Gasteiger partial charge in [0.2, 0.25) is 0 Å². The first kappa shape index (κ1) is 14.2. The molecule has 0 radical (unpaired) electrons. The molecule has 19 heavy (non-hydrogen) atoms. The number of hydrogen-bond donors (Lipinski definition) is 3. The van der Waals surface area contributed by atoms with Crippen LogP contribution in [0.5, 0.6) is 0 Å². The average molecular weight is 281 g/mol. The first-order valence-electron chi connectivity index (χ1n) is 6.36. The summed E-state index contributed by atoms with van der Waals surface area (Å²) < 4.78 is 0. The fraction of sp³-hybridized carbons (Fsp3) is 0.538. The molecule has 0 saturated heterocycles. The molecule has 0 aliphatic heterocycles. The number of aromatic amines is 1. The third-order valence-corrected chi connectivity index (χ3v) is 4.22. The van der Waals surface area contributed by atoms with Crippen LogP contribution >= 0.6 is 11.3 Å². The molecule has 0 aromatic carbocycles. The van der Waals surface area contributed by atoms with E-state index in [1.165, 1.54) is 0 Å². The van der Waals surface area contributed by atoms with Crippen molar-refractivity contribution in [1.82, 2.24) is 15.3 Å². The Kier molecular flexibility index (Phi) is 4.34. The van der Waals surface area contributed by atoms with Gasteiger partial charge in [0.1, 0.15) is 10.7 Å². The summed E-state index contributed by atoms with van der Waals surface area (Å²) in [6.45, 7) is 6.91. The summed E-state index contributed by atoms with van der Waals surface area (Å²) in [5.74, 6) is 0.643. The van der Waals surface area contributed by atoms with E-state index in [2.05, 4.69) is 15.3 Å². The standard InChI is InChI=1S/C13H19N3O2S/c1-7(17)4-5-14-6-10-15-12(18)11-8(2)9(3)19-13(11)16-10/h7,14,17H,4-6H2,1-3H3,(H,15,16,18). The van der Waals surface area contributed by atoms with Crippen LogP contribution in [-0.4, -0.2) is 27.7 Å². The molecule has 0 aliphatic rings. The molecule has 2 heterocycles. The lowest BCUT2D eigenvalue weighted by atomic mass is 10.2. The maximum atomic E-state index is 12.0. The molecule has 104 valence electrons. The van der Waals surface area contributed by atoms with Gasteiger partial charge >= 0.3 is 0 Å². The van der Waals surface area contributed by atoms with Crippen LogP contribution in [0, 0.1) is 13.8 Å². The topological polar surface area (TPSA) is 78.0 Å². The van der Waals surface area contributed by atoms with Gasteiger partial charge in [0.05, 0.1) is 18.0 Å². The fourth-order valence-electron chi connectivity index (χ4n) is 1.90. The van der Waals surface area contributed by atoms with Crippen molar-refractivity contribution in [1.29, 1.82) is 0 Å². The zero-order valence-corrected chi connectivity index (χ0v) is 12.2. The highest BCUT2D eigenvalue weighted by atomic mass is 32.1. The van der Waals surface area contributed by atoms with Crippen molar-refractivity contribution >= 4 is 21.6 Å². The van der Waals surface area contributed by atoms with Crippen LogP contribution < -0.4 is 10.9 Å². The molecule has 2 aromatic heterocycles. The minimum Gasteiger partial charge on any atom is -0.393 e. The summed E-state index contributed by atoms with van der Waals surface area (Å²) in [7, 11) is 0. The molecule has 5 nitrogen and oxygen atoms in total. The van der Waals surface area contributed by atoms with E-state index < -0.39 is 0 Å². The molecule has 3 N–H and O–H groups in total. The minimum absolute atomic E-state index is 0.0702. The van der Waals surface area contributed by atoms with E-state index in [0.717, 1.165) is 15.3 Å². The number of nitrogens with one attached hydrogen (secondary N) is 2. The molecule has 0 amide bonds. The molecule has 6 heteroatoms. The number of nitrogens with zero attached hydrogens (tertiary/aromatic N) is 1. The lowest BCUT2D eigenvalue weighted by Crippen LogP contribution is -2.22. The van der Waals surface area contributed by atoms with Gasteiger partial charge in [0.25, 0.3) is 5.56 Å². The Hall–Kier alpha value is -1.24. The molecule has 0 spiro atoms. The third-order valence-electron chi connectivity index (χ3n) is 3.12. The van der Waals surface area contributed by atoms with Crippen LogP contribution in [0.4, 0.5) is 0 Å². The summed E-state index contributed by atoms with van der Waals surface area (Å²) in [5, 5.41) is 13.0. The number of fused-ring (bicyclic) bond motifs is 1. The fourth-order valence-corrected chi connectivity index (χ4v) is 2.95. The Labute approximate surface area is 115 Å². The Morgan fingerprint density at radius 3 is 2.89 bits per heavy atom. The van der Waals surface area contributed by atoms with E-state index in [1.54, 1.807) is 18.3 Å². The maximum absolute atomic E-state index is 12.0. The SMILES string of the molecule is Cc1sc2nc(CNCCC(C)O)[nH]c(=O)c2c1C. The summed E-state index contributed by atoms with van der Waals surface area (Å²) in [6, 6.07) is 0. The number of thiophene rings is 1. The normalized spacial score (nSPS) is 13.1. The zero-order chi connectivity index (χ0) is 14.0. The summed E-state index contributed by atoms with van der Waals surface area (Å²) in [4.78, 5) is 21.2. The Bertz CT molecular complexity index is 631. The number of aliphatic hydroxyl groups excluding tert-OH is 1. The number of hydrogen-bond acceptors (Lipinski definition) is 5. The predicted octanol–water partition coefficient (Wildman–Crippen LogP) is 1.46. The molecule has 2 rings (SSSR count). The maximum Gasteiger partial charge on any atom is 0.259 e. The Balaban J connectivity index is 2.15. The van der Waals surface area contributed by atoms with E-state index in [1.807, 2.05) is 13.8 Å². The van der Waals surface area contributed by atoms with Crippen molar-refractivity contribution in [3.05, 3.63) is 26.6 Å². The molecule has 1 unspecified atom stereocenters.